The summed E-state index contributed by atoms with van der Waals surface area (Å²) in [5, 5.41) is 0.513. The van der Waals surface area contributed by atoms with Crippen LogP contribution in [-0.4, -0.2) is 10.8 Å². The number of rotatable bonds is 2. The molecule has 0 unspecified atom stereocenters. The summed E-state index contributed by atoms with van der Waals surface area (Å²) in [6.45, 7) is 0.224. The number of ether oxygens (including phenoxy) is 1. The predicted octanol–water partition coefficient (Wildman–Crippen LogP) is 5.79. The van der Waals surface area contributed by atoms with Gasteiger partial charge in [0, 0.05) is 28.1 Å². The number of nitrogens with zero attached hydrogens (tertiary/aromatic N) is 1. The summed E-state index contributed by atoms with van der Waals surface area (Å²) < 4.78 is 32.8. The molecule has 0 aliphatic carbocycles. The van der Waals surface area contributed by atoms with Crippen LogP contribution < -0.4 is 4.74 Å². The molecule has 0 fully saturated rings. The first kappa shape index (κ1) is 19.7. The third-order valence-electron chi connectivity index (χ3n) is 5.40. The highest BCUT2D eigenvalue weighted by Crippen LogP contribution is 2.31. The molecule has 5 rings (SSSR count). The Morgan fingerprint density at radius 1 is 0.969 bits per heavy atom. The van der Waals surface area contributed by atoms with E-state index in [1.165, 1.54) is 0 Å². The molecule has 1 aliphatic rings. The van der Waals surface area contributed by atoms with Gasteiger partial charge in [0.25, 0.3) is 0 Å². The summed E-state index contributed by atoms with van der Waals surface area (Å²) in [7, 11) is 0. The monoisotopic (exact) mass is 423 g/mol. The van der Waals surface area contributed by atoms with Crippen LogP contribution in [0.5, 0.6) is 5.75 Å². The maximum absolute atomic E-state index is 13.5. The van der Waals surface area contributed by atoms with Crippen LogP contribution in [0, 0.1) is 24.0 Å². The number of carbonyl (C=O) groups is 1. The van der Waals surface area contributed by atoms with E-state index in [1.54, 1.807) is 54.6 Å². The molecule has 3 nitrogen and oxygen atoms in total. The minimum atomic E-state index is -0.941. The first-order valence-electron chi connectivity index (χ1n) is 9.87. The Balaban J connectivity index is 1.49. The predicted molar refractivity (Wildman–Crippen MR) is 119 cm³/mol. The van der Waals surface area contributed by atoms with Crippen molar-refractivity contribution in [2.24, 2.45) is 0 Å². The van der Waals surface area contributed by atoms with Gasteiger partial charge < -0.3 is 4.74 Å². The largest absolute Gasteiger partial charge is 0.488 e. The van der Waals surface area contributed by atoms with Crippen molar-refractivity contribution in [3.8, 4) is 18.1 Å². The van der Waals surface area contributed by atoms with Crippen molar-refractivity contribution < 1.29 is 18.3 Å². The van der Waals surface area contributed by atoms with Gasteiger partial charge in [-0.2, -0.15) is 0 Å². The van der Waals surface area contributed by atoms with Crippen molar-refractivity contribution in [2.75, 3.05) is 0 Å². The van der Waals surface area contributed by atoms with Crippen molar-refractivity contribution in [1.29, 1.82) is 0 Å². The van der Waals surface area contributed by atoms with Crippen molar-refractivity contribution in [1.82, 2.24) is 4.98 Å². The van der Waals surface area contributed by atoms with Gasteiger partial charge in [-0.3, -0.25) is 4.79 Å². The summed E-state index contributed by atoms with van der Waals surface area (Å²) >= 11 is 0. The summed E-state index contributed by atoms with van der Waals surface area (Å²) in [4.78, 5) is 17.5. The smallest absolute Gasteiger partial charge is 0.197 e. The van der Waals surface area contributed by atoms with Crippen LogP contribution in [-0.2, 0) is 6.61 Å². The van der Waals surface area contributed by atoms with Gasteiger partial charge in [0.1, 0.15) is 12.4 Å². The van der Waals surface area contributed by atoms with Crippen molar-refractivity contribution in [3.63, 3.8) is 0 Å². The number of terminal acetylenes is 1. The van der Waals surface area contributed by atoms with Gasteiger partial charge in [-0.05, 0) is 42.0 Å². The van der Waals surface area contributed by atoms with Gasteiger partial charge in [-0.15, -0.1) is 6.42 Å². The highest BCUT2D eigenvalue weighted by atomic mass is 19.2. The second-order valence-corrected chi connectivity index (χ2v) is 7.38. The normalized spacial score (nSPS) is 12.7. The molecule has 0 N–H and O–H groups in total. The summed E-state index contributed by atoms with van der Waals surface area (Å²) in [6.07, 6.45) is 9.12. The van der Waals surface area contributed by atoms with Crippen LogP contribution in [0.25, 0.3) is 23.1 Å². The lowest BCUT2D eigenvalue weighted by molar-refractivity contribution is 0.103. The lowest BCUT2D eigenvalue weighted by Crippen LogP contribution is -2.04. The van der Waals surface area contributed by atoms with Crippen LogP contribution >= 0.6 is 0 Å². The zero-order valence-electron chi connectivity index (χ0n) is 16.7. The Bertz CT molecular complexity index is 1480. The van der Waals surface area contributed by atoms with E-state index in [0.29, 0.717) is 44.6 Å². The van der Waals surface area contributed by atoms with E-state index in [2.05, 4.69) is 10.9 Å². The van der Waals surface area contributed by atoms with Crippen LogP contribution in [0.3, 0.4) is 0 Å². The molecule has 0 bridgehead atoms. The molecule has 4 aromatic rings. The van der Waals surface area contributed by atoms with Crippen LogP contribution in [0.2, 0.25) is 0 Å². The highest BCUT2D eigenvalue weighted by molar-refractivity contribution is 6.12. The third kappa shape index (κ3) is 3.42. The van der Waals surface area contributed by atoms with E-state index in [-0.39, 0.29) is 12.4 Å². The summed E-state index contributed by atoms with van der Waals surface area (Å²) in [5.74, 6) is 1.10. The fourth-order valence-electron chi connectivity index (χ4n) is 3.75. The number of halogens is 2. The molecule has 0 radical (unpaired) electrons. The number of carbonyl (C=O) groups excluding carboxylic acids is 1. The maximum atomic E-state index is 13.5. The molecule has 0 saturated heterocycles. The molecule has 3 aromatic carbocycles. The Morgan fingerprint density at radius 3 is 2.66 bits per heavy atom. The molecule has 1 aromatic heterocycles. The topological polar surface area (TPSA) is 39.2 Å². The Hall–Kier alpha value is -4.30. The molecular weight excluding hydrogens is 408 g/mol. The molecule has 0 atom stereocenters. The Labute approximate surface area is 183 Å². The minimum Gasteiger partial charge on any atom is -0.488 e. The first-order chi connectivity index (χ1) is 15.5. The number of benzene rings is 3. The van der Waals surface area contributed by atoms with Gasteiger partial charge in [0.05, 0.1) is 16.8 Å². The number of pyridine rings is 1. The second-order valence-electron chi connectivity index (χ2n) is 7.38. The van der Waals surface area contributed by atoms with Gasteiger partial charge >= 0.3 is 0 Å². The molecule has 154 valence electrons. The summed E-state index contributed by atoms with van der Waals surface area (Å²) in [6, 6.07) is 16.2. The highest BCUT2D eigenvalue weighted by Gasteiger charge is 2.23. The van der Waals surface area contributed by atoms with Crippen molar-refractivity contribution in [3.05, 3.63) is 106 Å². The average molecular weight is 423 g/mol. The standard InChI is InChI=1S/C27H15F2NO2/c1-2-17-4-3-5-20-22(17)15-32-26-11-7-16(12-21(26)27(20)31)6-9-19-10-8-18-13-23(28)24(29)14-25(18)30-19/h1,3-14H,15H2/b9-6+. The molecule has 1 aliphatic heterocycles. The molecular formula is C27H15F2NO2. The zero-order chi connectivity index (χ0) is 22.2. The van der Waals surface area contributed by atoms with Crippen LogP contribution in [0.1, 0.15) is 38.3 Å². The molecule has 0 saturated carbocycles. The maximum Gasteiger partial charge on any atom is 0.197 e. The quantitative estimate of drug-likeness (QED) is 0.383. The lowest BCUT2D eigenvalue weighted by Gasteiger charge is -2.07. The number of hydrogen-bond donors (Lipinski definition) is 0. The Kier molecular flexibility index (Phi) is 4.76. The van der Waals surface area contributed by atoms with E-state index in [1.807, 2.05) is 6.07 Å². The number of hydrogen-bond acceptors (Lipinski definition) is 3. The van der Waals surface area contributed by atoms with E-state index in [0.717, 1.165) is 17.7 Å². The van der Waals surface area contributed by atoms with Crippen molar-refractivity contribution in [2.45, 2.75) is 6.61 Å². The average Bonchev–Trinajstić information content (AvgIpc) is 2.95. The SMILES string of the molecule is C#Cc1cccc2c1COc1ccc(/C=C/c3ccc4cc(F)c(F)cc4n3)cc1C2=O. The van der Waals surface area contributed by atoms with Crippen molar-refractivity contribution >= 4 is 28.8 Å². The molecule has 0 spiro atoms. The van der Waals surface area contributed by atoms with Crippen LogP contribution in [0.15, 0.2) is 60.7 Å². The third-order valence-corrected chi connectivity index (χ3v) is 5.40. The number of ketones is 1. The number of aromatic nitrogens is 1. The minimum absolute atomic E-state index is 0.152. The first-order valence-corrected chi connectivity index (χ1v) is 9.87. The van der Waals surface area contributed by atoms with Gasteiger partial charge in [-0.1, -0.05) is 36.3 Å². The van der Waals surface area contributed by atoms with E-state index < -0.39 is 11.6 Å². The molecule has 0 amide bonds. The fraction of sp³-hybridized carbons (Fsp3) is 0.0370. The van der Waals surface area contributed by atoms with E-state index >= 15 is 0 Å². The second kappa shape index (κ2) is 7.75. The summed E-state index contributed by atoms with van der Waals surface area (Å²) in [5.41, 5.74) is 4.03. The molecule has 2 heterocycles. The molecule has 5 heteroatoms. The van der Waals surface area contributed by atoms with Crippen LogP contribution in [0.4, 0.5) is 8.78 Å². The van der Waals surface area contributed by atoms with Gasteiger partial charge in [-0.25, -0.2) is 13.8 Å². The fourth-order valence-corrected chi connectivity index (χ4v) is 3.75. The van der Waals surface area contributed by atoms with Gasteiger partial charge in [0.15, 0.2) is 17.4 Å². The van der Waals surface area contributed by atoms with E-state index in [9.17, 15) is 13.6 Å². The zero-order valence-corrected chi connectivity index (χ0v) is 16.7. The molecule has 32 heavy (non-hydrogen) atoms. The van der Waals surface area contributed by atoms with Gasteiger partial charge in [0.2, 0.25) is 0 Å². The van der Waals surface area contributed by atoms with E-state index in [4.69, 9.17) is 11.2 Å². The lowest BCUT2D eigenvalue weighted by atomic mass is 9.95. The Morgan fingerprint density at radius 2 is 1.81 bits per heavy atom. The number of fused-ring (bicyclic) bond motifs is 3.